The van der Waals surface area contributed by atoms with E-state index < -0.39 is 41.1 Å². The van der Waals surface area contributed by atoms with Gasteiger partial charge in [-0.05, 0) is 38.7 Å². The number of fused-ring (bicyclic) bond motifs is 1. The van der Waals surface area contributed by atoms with Crippen molar-refractivity contribution in [2.75, 3.05) is 19.8 Å². The van der Waals surface area contributed by atoms with Crippen LogP contribution in [0, 0.1) is 11.8 Å². The van der Waals surface area contributed by atoms with Gasteiger partial charge >= 0.3 is 5.97 Å². The zero-order valence-electron chi connectivity index (χ0n) is 20.3. The Morgan fingerprint density at radius 2 is 1.97 bits per heavy atom. The fourth-order valence-corrected chi connectivity index (χ4v) is 6.30. The van der Waals surface area contributed by atoms with Crippen LogP contribution in [0.5, 0.6) is 0 Å². The molecule has 34 heavy (non-hydrogen) atoms. The van der Waals surface area contributed by atoms with Crippen molar-refractivity contribution in [2.45, 2.75) is 76.2 Å². The summed E-state index contributed by atoms with van der Waals surface area (Å²) in [6, 6.07) is 7.53. The first-order chi connectivity index (χ1) is 16.3. The quantitative estimate of drug-likeness (QED) is 0.400. The van der Waals surface area contributed by atoms with Gasteiger partial charge in [0.25, 0.3) is 0 Å². The Kier molecular flexibility index (Phi) is 7.01. The molecule has 3 saturated heterocycles. The smallest absolute Gasteiger partial charge is 0.312 e. The number of likely N-dealkylation sites (tertiary alicyclic amines) is 1. The molecule has 0 aromatic heterocycles. The second-order valence-electron chi connectivity index (χ2n) is 9.83. The number of amides is 2. The first kappa shape index (κ1) is 24.7. The van der Waals surface area contributed by atoms with Gasteiger partial charge in [0, 0.05) is 6.54 Å². The Morgan fingerprint density at radius 3 is 2.62 bits per heavy atom. The molecule has 8 nitrogen and oxygen atoms in total. The van der Waals surface area contributed by atoms with Crippen molar-refractivity contribution in [1.29, 1.82) is 0 Å². The average Bonchev–Trinajstić information content (AvgIpc) is 3.39. The van der Waals surface area contributed by atoms with Crippen molar-refractivity contribution in [3.8, 4) is 0 Å². The number of hydrogen-bond donors (Lipinski definition) is 2. The van der Waals surface area contributed by atoms with E-state index in [1.165, 1.54) is 4.90 Å². The molecule has 8 heteroatoms. The van der Waals surface area contributed by atoms with E-state index >= 15 is 0 Å². The monoisotopic (exact) mass is 472 g/mol. The Balaban J connectivity index is 1.76. The van der Waals surface area contributed by atoms with E-state index in [0.717, 1.165) is 24.8 Å². The minimum atomic E-state index is -1.12. The maximum atomic E-state index is 14.0. The minimum Gasteiger partial charge on any atom is -0.466 e. The van der Waals surface area contributed by atoms with E-state index in [9.17, 15) is 19.5 Å². The van der Waals surface area contributed by atoms with Crippen LogP contribution in [0.15, 0.2) is 30.3 Å². The molecule has 2 N–H and O–H groups in total. The Morgan fingerprint density at radius 1 is 1.24 bits per heavy atom. The molecule has 6 atom stereocenters. The van der Waals surface area contributed by atoms with Crippen LogP contribution in [0.3, 0.4) is 0 Å². The Bertz CT molecular complexity index is 923. The second kappa shape index (κ2) is 9.66. The molecular weight excluding hydrogens is 436 g/mol. The molecule has 1 aromatic carbocycles. The summed E-state index contributed by atoms with van der Waals surface area (Å²) in [4.78, 5) is 42.2. The number of nitrogens with one attached hydrogen (secondary N) is 1. The number of ether oxygens (including phenoxy) is 2. The topological polar surface area (TPSA) is 105 Å². The molecule has 2 unspecified atom stereocenters. The Hall–Kier alpha value is -2.45. The number of hydrogen-bond acceptors (Lipinski definition) is 6. The summed E-state index contributed by atoms with van der Waals surface area (Å²) in [5.74, 6) is -2.71. The fraction of sp³-hybridized carbons (Fsp3) is 0.654. The molecule has 4 rings (SSSR count). The van der Waals surface area contributed by atoms with Gasteiger partial charge in [-0.2, -0.15) is 0 Å². The largest absolute Gasteiger partial charge is 0.466 e. The molecule has 2 bridgehead atoms. The van der Waals surface area contributed by atoms with E-state index in [-0.39, 0.29) is 25.0 Å². The highest BCUT2D eigenvalue weighted by Crippen LogP contribution is 2.64. The maximum Gasteiger partial charge on any atom is 0.312 e. The lowest BCUT2D eigenvalue weighted by Crippen LogP contribution is -2.56. The van der Waals surface area contributed by atoms with E-state index in [2.05, 4.69) is 12.2 Å². The van der Waals surface area contributed by atoms with Gasteiger partial charge in [0.1, 0.15) is 17.6 Å². The fourth-order valence-electron chi connectivity index (χ4n) is 6.30. The van der Waals surface area contributed by atoms with Gasteiger partial charge in [-0.25, -0.2) is 0 Å². The average molecular weight is 473 g/mol. The number of rotatable bonds is 10. The number of carbonyl (C=O) groups is 3. The third kappa shape index (κ3) is 3.81. The van der Waals surface area contributed by atoms with E-state index in [1.807, 2.05) is 37.3 Å². The van der Waals surface area contributed by atoms with Crippen LogP contribution < -0.4 is 5.32 Å². The van der Waals surface area contributed by atoms with Crippen LogP contribution in [0.1, 0.15) is 64.5 Å². The normalized spacial score (nSPS) is 32.5. The third-order valence-corrected chi connectivity index (χ3v) is 7.78. The summed E-state index contributed by atoms with van der Waals surface area (Å²) in [6.45, 7) is 6.02. The van der Waals surface area contributed by atoms with Crippen LogP contribution >= 0.6 is 0 Å². The predicted molar refractivity (Wildman–Crippen MR) is 125 cm³/mol. The number of aliphatic hydroxyl groups is 1. The van der Waals surface area contributed by atoms with Crippen LogP contribution in [0.25, 0.3) is 0 Å². The highest BCUT2D eigenvalue weighted by atomic mass is 16.6. The lowest BCUT2D eigenvalue weighted by molar-refractivity contribution is -0.160. The van der Waals surface area contributed by atoms with Crippen molar-refractivity contribution in [3.63, 3.8) is 0 Å². The van der Waals surface area contributed by atoms with E-state index in [4.69, 9.17) is 9.47 Å². The first-order valence-corrected chi connectivity index (χ1v) is 12.5. The SMILES string of the molecule is CCCCCNC(=O)C1N([C@H](CO)c2ccccc2)C(=O)[C@@H]2[C@H](C(=O)OCC)[C@]3(C)CCC12O3. The van der Waals surface area contributed by atoms with E-state index in [0.29, 0.717) is 19.4 Å². The summed E-state index contributed by atoms with van der Waals surface area (Å²) in [7, 11) is 0. The number of benzene rings is 1. The standard InChI is InChI=1S/C26H36N2O6/c1-4-6-10-15-27-22(30)21-26-14-13-25(3,34-26)20(24(32)33-5-2)19(26)23(31)28(21)18(16-29)17-11-8-7-9-12-17/h7-9,11-12,18-21,29H,4-6,10,13-16H2,1-3H3,(H,27,30)/t18-,19+,20-,21?,25+,26?/m1/s1. The van der Waals surface area contributed by atoms with Crippen LogP contribution in [-0.4, -0.2) is 64.8 Å². The highest BCUT2D eigenvalue weighted by Gasteiger charge is 2.78. The molecule has 186 valence electrons. The summed E-state index contributed by atoms with van der Waals surface area (Å²) >= 11 is 0. The molecule has 3 aliphatic rings. The molecule has 1 aromatic rings. The molecule has 0 aliphatic carbocycles. The minimum absolute atomic E-state index is 0.202. The van der Waals surface area contributed by atoms with Gasteiger partial charge in [-0.1, -0.05) is 50.1 Å². The molecule has 1 spiro atoms. The lowest BCUT2D eigenvalue weighted by Gasteiger charge is -2.37. The third-order valence-electron chi connectivity index (χ3n) is 7.78. The molecule has 0 radical (unpaired) electrons. The predicted octanol–water partition coefficient (Wildman–Crippen LogP) is 2.35. The lowest BCUT2D eigenvalue weighted by atomic mass is 9.66. The molecule has 3 heterocycles. The summed E-state index contributed by atoms with van der Waals surface area (Å²) in [5.41, 5.74) is -1.26. The van der Waals surface area contributed by atoms with Crippen molar-refractivity contribution in [3.05, 3.63) is 35.9 Å². The van der Waals surface area contributed by atoms with Gasteiger partial charge in [0.05, 0.1) is 30.8 Å². The summed E-state index contributed by atoms with van der Waals surface area (Å²) in [6.07, 6.45) is 3.91. The van der Waals surface area contributed by atoms with Gasteiger partial charge < -0.3 is 24.8 Å². The number of carbonyl (C=O) groups excluding carboxylic acids is 3. The summed E-state index contributed by atoms with van der Waals surface area (Å²) < 4.78 is 11.9. The van der Waals surface area contributed by atoms with Gasteiger partial charge in [0.15, 0.2) is 0 Å². The van der Waals surface area contributed by atoms with Gasteiger partial charge in [-0.3, -0.25) is 14.4 Å². The molecule has 2 amide bonds. The summed E-state index contributed by atoms with van der Waals surface area (Å²) in [5, 5.41) is 13.4. The highest BCUT2D eigenvalue weighted by molar-refractivity contribution is 5.98. The Labute approximate surface area is 201 Å². The van der Waals surface area contributed by atoms with Gasteiger partial charge in [0.2, 0.25) is 11.8 Å². The number of esters is 1. The van der Waals surface area contributed by atoms with Crippen LogP contribution in [0.2, 0.25) is 0 Å². The van der Waals surface area contributed by atoms with Crippen LogP contribution in [0.4, 0.5) is 0 Å². The number of unbranched alkanes of at least 4 members (excludes halogenated alkanes) is 2. The number of nitrogens with zero attached hydrogens (tertiary/aromatic N) is 1. The maximum absolute atomic E-state index is 14.0. The number of aliphatic hydroxyl groups excluding tert-OH is 1. The van der Waals surface area contributed by atoms with Gasteiger partial charge in [-0.15, -0.1) is 0 Å². The van der Waals surface area contributed by atoms with Crippen molar-refractivity contribution in [1.82, 2.24) is 10.2 Å². The van der Waals surface area contributed by atoms with Crippen LogP contribution in [-0.2, 0) is 23.9 Å². The zero-order valence-corrected chi connectivity index (χ0v) is 20.3. The van der Waals surface area contributed by atoms with E-state index in [1.54, 1.807) is 6.92 Å². The molecule has 3 fully saturated rings. The molecule has 0 saturated carbocycles. The molecule has 3 aliphatic heterocycles. The first-order valence-electron chi connectivity index (χ1n) is 12.5. The second-order valence-corrected chi connectivity index (χ2v) is 9.83. The van der Waals surface area contributed by atoms with Crippen molar-refractivity contribution in [2.24, 2.45) is 11.8 Å². The zero-order chi connectivity index (χ0) is 24.5. The molecular formula is C26H36N2O6. The van der Waals surface area contributed by atoms with Crippen molar-refractivity contribution >= 4 is 17.8 Å². The van der Waals surface area contributed by atoms with Crippen molar-refractivity contribution < 1.29 is 29.0 Å².